The summed E-state index contributed by atoms with van der Waals surface area (Å²) in [6, 6.07) is 7.69. The van der Waals surface area contributed by atoms with Crippen LogP contribution in [0.4, 0.5) is 4.79 Å². The largest absolute Gasteiger partial charge is 0.513 e. The molecule has 0 aliphatic carbocycles. The predicted octanol–water partition coefficient (Wildman–Crippen LogP) is 1.64. The van der Waals surface area contributed by atoms with Gasteiger partial charge in [-0.15, -0.1) is 0 Å². The van der Waals surface area contributed by atoms with E-state index in [0.29, 0.717) is 5.75 Å². The van der Waals surface area contributed by atoms with E-state index in [-0.39, 0.29) is 5.75 Å². The van der Waals surface area contributed by atoms with E-state index >= 15 is 0 Å². The van der Waals surface area contributed by atoms with Crippen LogP contribution in [0, 0.1) is 6.07 Å². The predicted molar refractivity (Wildman–Crippen MR) is 44.9 cm³/mol. The molecule has 0 aliphatic heterocycles. The fraction of sp³-hybridized carbons (Fsp3) is 0.222. The average molecular weight is 181 g/mol. The van der Waals surface area contributed by atoms with Crippen molar-refractivity contribution in [2.24, 2.45) is 0 Å². The highest BCUT2D eigenvalue weighted by atomic mass is 16.7. The van der Waals surface area contributed by atoms with Gasteiger partial charge in [-0.25, -0.2) is 4.79 Å². The zero-order valence-electron chi connectivity index (χ0n) is 7.37. The first-order chi connectivity index (χ1) is 6.27. The molecule has 0 aromatic heterocycles. The van der Waals surface area contributed by atoms with Crippen LogP contribution < -0.4 is 9.47 Å². The van der Waals surface area contributed by atoms with Crippen LogP contribution >= 0.6 is 0 Å². The Morgan fingerprint density at radius 2 is 2.23 bits per heavy atom. The highest BCUT2D eigenvalue weighted by Gasteiger charge is 2.08. The molecule has 0 spiro atoms. The summed E-state index contributed by atoms with van der Waals surface area (Å²) in [5, 5.41) is 0. The maximum absolute atomic E-state index is 10.7. The van der Waals surface area contributed by atoms with Gasteiger partial charge in [-0.05, 0) is 6.07 Å². The lowest BCUT2D eigenvalue weighted by atomic mass is 10.3. The van der Waals surface area contributed by atoms with Crippen molar-refractivity contribution < 1.29 is 19.0 Å². The van der Waals surface area contributed by atoms with E-state index in [1.54, 1.807) is 18.2 Å². The second kappa shape index (κ2) is 4.35. The maximum Gasteiger partial charge on any atom is 0.513 e. The first-order valence-corrected chi connectivity index (χ1v) is 3.58. The molecule has 1 radical (unpaired) electrons. The van der Waals surface area contributed by atoms with Crippen LogP contribution in [0.5, 0.6) is 11.5 Å². The Kier molecular flexibility index (Phi) is 3.14. The van der Waals surface area contributed by atoms with Gasteiger partial charge in [0.25, 0.3) is 0 Å². The standard InChI is InChI=1S/C9H9O4/c1-11-7-5-3-4-6-8(7)13-9(10)12-2/h3-4,6H,1-2H3. The molecule has 0 aliphatic rings. The number of benzene rings is 1. The van der Waals surface area contributed by atoms with Crippen LogP contribution in [0.15, 0.2) is 18.2 Å². The van der Waals surface area contributed by atoms with Crippen molar-refractivity contribution >= 4 is 6.16 Å². The number of hydrogen-bond donors (Lipinski definition) is 0. The summed E-state index contributed by atoms with van der Waals surface area (Å²) in [5.41, 5.74) is 0. The first-order valence-electron chi connectivity index (χ1n) is 3.58. The zero-order chi connectivity index (χ0) is 9.68. The van der Waals surface area contributed by atoms with Gasteiger partial charge in [0.15, 0.2) is 11.5 Å². The van der Waals surface area contributed by atoms with E-state index < -0.39 is 6.16 Å². The van der Waals surface area contributed by atoms with Crippen LogP contribution in [0.25, 0.3) is 0 Å². The number of hydrogen-bond acceptors (Lipinski definition) is 4. The summed E-state index contributed by atoms with van der Waals surface area (Å²) >= 11 is 0. The molecule has 0 amide bonds. The molecule has 13 heavy (non-hydrogen) atoms. The SMILES string of the molecule is COC(=O)Oc1ccc[c]c1OC. The molecule has 4 nitrogen and oxygen atoms in total. The van der Waals surface area contributed by atoms with Gasteiger partial charge in [0.1, 0.15) is 0 Å². The number of carbonyl (C=O) groups excluding carboxylic acids is 1. The number of carbonyl (C=O) groups is 1. The summed E-state index contributed by atoms with van der Waals surface area (Å²) < 4.78 is 14.0. The van der Waals surface area contributed by atoms with Crippen molar-refractivity contribution in [2.45, 2.75) is 0 Å². The normalized spacial score (nSPS) is 9.08. The van der Waals surface area contributed by atoms with E-state index in [4.69, 9.17) is 9.47 Å². The number of para-hydroxylation sites is 1. The summed E-state index contributed by atoms with van der Waals surface area (Å²) in [6.45, 7) is 0. The molecule has 1 aromatic rings. The van der Waals surface area contributed by atoms with Crippen molar-refractivity contribution in [3.05, 3.63) is 24.3 Å². The van der Waals surface area contributed by atoms with Gasteiger partial charge in [-0.1, -0.05) is 12.1 Å². The minimum Gasteiger partial charge on any atom is -0.492 e. The Hall–Kier alpha value is -1.71. The zero-order valence-corrected chi connectivity index (χ0v) is 7.37. The Labute approximate surface area is 76.0 Å². The van der Waals surface area contributed by atoms with Gasteiger partial charge in [-0.2, -0.15) is 0 Å². The van der Waals surface area contributed by atoms with Crippen LogP contribution in [0.3, 0.4) is 0 Å². The van der Waals surface area contributed by atoms with Crippen molar-refractivity contribution in [2.75, 3.05) is 14.2 Å². The third-order valence-corrected chi connectivity index (χ3v) is 1.35. The topological polar surface area (TPSA) is 44.8 Å². The molecule has 0 heterocycles. The molecule has 0 bridgehead atoms. The molecule has 69 valence electrons. The van der Waals surface area contributed by atoms with Crippen LogP contribution in [-0.2, 0) is 4.74 Å². The van der Waals surface area contributed by atoms with Crippen molar-refractivity contribution in [1.82, 2.24) is 0 Å². The molecule has 4 heteroatoms. The smallest absolute Gasteiger partial charge is 0.492 e. The molecular weight excluding hydrogens is 172 g/mol. The first kappa shape index (κ1) is 9.38. The molecule has 0 fully saturated rings. The third-order valence-electron chi connectivity index (χ3n) is 1.35. The van der Waals surface area contributed by atoms with Gasteiger partial charge in [-0.3, -0.25) is 0 Å². The molecule has 0 saturated heterocycles. The lowest BCUT2D eigenvalue weighted by Crippen LogP contribution is -2.07. The van der Waals surface area contributed by atoms with E-state index in [1.165, 1.54) is 14.2 Å². The molecule has 0 atom stereocenters. The fourth-order valence-electron chi connectivity index (χ4n) is 0.777. The molecule has 0 N–H and O–H groups in total. The quantitative estimate of drug-likeness (QED) is 0.514. The van der Waals surface area contributed by atoms with E-state index in [2.05, 4.69) is 10.8 Å². The highest BCUT2D eigenvalue weighted by molar-refractivity contribution is 5.64. The maximum atomic E-state index is 10.7. The molecule has 0 unspecified atom stereocenters. The fourth-order valence-corrected chi connectivity index (χ4v) is 0.777. The molecule has 1 rings (SSSR count). The lowest BCUT2D eigenvalue weighted by molar-refractivity contribution is 0.120. The Balaban J connectivity index is 2.81. The third kappa shape index (κ3) is 2.37. The van der Waals surface area contributed by atoms with Crippen molar-refractivity contribution in [1.29, 1.82) is 0 Å². The Morgan fingerprint density at radius 3 is 2.85 bits per heavy atom. The molecular formula is C9H9O4. The van der Waals surface area contributed by atoms with Gasteiger partial charge in [0.2, 0.25) is 0 Å². The van der Waals surface area contributed by atoms with Crippen LogP contribution in [0.1, 0.15) is 0 Å². The summed E-state index contributed by atoms with van der Waals surface area (Å²) in [7, 11) is 2.71. The monoisotopic (exact) mass is 181 g/mol. The highest BCUT2D eigenvalue weighted by Crippen LogP contribution is 2.25. The van der Waals surface area contributed by atoms with E-state index in [0.717, 1.165) is 0 Å². The van der Waals surface area contributed by atoms with E-state index in [1.807, 2.05) is 0 Å². The summed E-state index contributed by atoms with van der Waals surface area (Å²) in [5.74, 6) is 0.657. The minimum absolute atomic E-state index is 0.289. The molecule has 1 aromatic carbocycles. The number of methoxy groups -OCH3 is 2. The lowest BCUT2D eigenvalue weighted by Gasteiger charge is -2.06. The minimum atomic E-state index is -0.780. The van der Waals surface area contributed by atoms with Crippen LogP contribution in [-0.4, -0.2) is 20.4 Å². The Morgan fingerprint density at radius 1 is 1.46 bits per heavy atom. The second-order valence-corrected chi connectivity index (χ2v) is 2.12. The van der Waals surface area contributed by atoms with Gasteiger partial charge >= 0.3 is 6.16 Å². The van der Waals surface area contributed by atoms with Crippen molar-refractivity contribution in [3.8, 4) is 11.5 Å². The average Bonchev–Trinajstić information content (AvgIpc) is 2.18. The van der Waals surface area contributed by atoms with E-state index in [9.17, 15) is 4.79 Å². The second-order valence-electron chi connectivity index (χ2n) is 2.12. The van der Waals surface area contributed by atoms with Gasteiger partial charge in [0.05, 0.1) is 14.2 Å². The number of ether oxygens (including phenoxy) is 3. The van der Waals surface area contributed by atoms with Crippen molar-refractivity contribution in [3.63, 3.8) is 0 Å². The van der Waals surface area contributed by atoms with Crippen LogP contribution in [0.2, 0.25) is 0 Å². The Bertz CT molecular complexity index is 295. The van der Waals surface area contributed by atoms with Gasteiger partial charge < -0.3 is 14.2 Å². The molecule has 0 saturated carbocycles. The summed E-state index contributed by atoms with van der Waals surface area (Å²) in [6.07, 6.45) is -0.780. The number of rotatable bonds is 2. The van der Waals surface area contributed by atoms with Gasteiger partial charge in [0, 0.05) is 6.07 Å². The summed E-state index contributed by atoms with van der Waals surface area (Å²) in [4.78, 5) is 10.7.